The fourth-order valence-electron chi connectivity index (χ4n) is 1.12. The van der Waals surface area contributed by atoms with Crippen molar-refractivity contribution in [3.63, 3.8) is 0 Å². The van der Waals surface area contributed by atoms with Gasteiger partial charge in [-0.25, -0.2) is 13.2 Å². The number of rotatable bonds is 3. The molecule has 0 aliphatic carbocycles. The summed E-state index contributed by atoms with van der Waals surface area (Å²) in [5.74, 6) is -4.07. The zero-order chi connectivity index (χ0) is 10.7. The van der Waals surface area contributed by atoms with Crippen LogP contribution in [0, 0.1) is 17.5 Å². The number of benzene rings is 1. The molecule has 0 spiro atoms. The van der Waals surface area contributed by atoms with Gasteiger partial charge in [0.15, 0.2) is 17.5 Å². The largest absolute Gasteiger partial charge is 0.396 e. The molecular formula is C9H11ClF3NO. The molecule has 0 aliphatic heterocycles. The lowest BCUT2D eigenvalue weighted by Gasteiger charge is -2.11. The molecule has 15 heavy (non-hydrogen) atoms. The van der Waals surface area contributed by atoms with Crippen LogP contribution >= 0.6 is 12.4 Å². The van der Waals surface area contributed by atoms with Crippen molar-refractivity contribution < 1.29 is 18.3 Å². The summed E-state index contributed by atoms with van der Waals surface area (Å²) >= 11 is 0. The van der Waals surface area contributed by atoms with Crippen LogP contribution in [-0.2, 0) is 0 Å². The van der Waals surface area contributed by atoms with Gasteiger partial charge in [0.05, 0.1) is 0 Å². The molecule has 1 aromatic rings. The first-order chi connectivity index (χ1) is 6.57. The van der Waals surface area contributed by atoms with E-state index in [9.17, 15) is 13.2 Å². The second kappa shape index (κ2) is 5.95. The highest BCUT2D eigenvalue weighted by atomic mass is 35.5. The lowest BCUT2D eigenvalue weighted by Crippen LogP contribution is -2.14. The molecule has 2 nitrogen and oxygen atoms in total. The molecule has 0 radical (unpaired) electrons. The Kier molecular flexibility index (Phi) is 5.64. The standard InChI is InChI=1S/C9H10F3NO.ClH/c10-6-2-1-5(7(13)3-4-14)8(11)9(6)12;/h1-2,7,14H,3-4,13H2;1H/t7-;/m0./s1. The Morgan fingerprint density at radius 3 is 2.33 bits per heavy atom. The Bertz CT molecular complexity index is 335. The van der Waals surface area contributed by atoms with Gasteiger partial charge in [0, 0.05) is 18.2 Å². The van der Waals surface area contributed by atoms with Crippen molar-refractivity contribution in [1.82, 2.24) is 0 Å². The molecule has 1 rings (SSSR count). The van der Waals surface area contributed by atoms with Gasteiger partial charge in [-0.05, 0) is 12.5 Å². The second-order valence-electron chi connectivity index (χ2n) is 2.88. The predicted molar refractivity (Wildman–Crippen MR) is 52.2 cm³/mol. The van der Waals surface area contributed by atoms with Crippen molar-refractivity contribution in [2.75, 3.05) is 6.61 Å². The lowest BCUT2D eigenvalue weighted by atomic mass is 10.0. The van der Waals surface area contributed by atoms with E-state index in [0.29, 0.717) is 0 Å². The minimum Gasteiger partial charge on any atom is -0.396 e. The highest BCUT2D eigenvalue weighted by Gasteiger charge is 2.17. The van der Waals surface area contributed by atoms with Gasteiger partial charge in [0.2, 0.25) is 0 Å². The average molecular weight is 242 g/mol. The van der Waals surface area contributed by atoms with Crippen molar-refractivity contribution in [3.05, 3.63) is 35.1 Å². The Balaban J connectivity index is 0.00000196. The molecule has 0 fully saturated rings. The molecule has 0 aromatic heterocycles. The Hall–Kier alpha value is -0.780. The van der Waals surface area contributed by atoms with E-state index in [1.54, 1.807) is 0 Å². The summed E-state index contributed by atoms with van der Waals surface area (Å²) in [6.07, 6.45) is 0.0992. The third kappa shape index (κ3) is 3.09. The Morgan fingerprint density at radius 1 is 1.20 bits per heavy atom. The Labute approximate surface area is 91.3 Å². The molecule has 1 aromatic carbocycles. The lowest BCUT2D eigenvalue weighted by molar-refractivity contribution is 0.275. The maximum Gasteiger partial charge on any atom is 0.194 e. The Morgan fingerprint density at radius 2 is 1.80 bits per heavy atom. The number of aliphatic hydroxyl groups is 1. The molecule has 86 valence electrons. The van der Waals surface area contributed by atoms with Crippen molar-refractivity contribution in [2.24, 2.45) is 5.73 Å². The second-order valence-corrected chi connectivity index (χ2v) is 2.88. The number of halogens is 4. The number of nitrogens with two attached hydrogens (primary N) is 1. The van der Waals surface area contributed by atoms with Crippen LogP contribution < -0.4 is 5.73 Å². The van der Waals surface area contributed by atoms with Crippen LogP contribution in [0.3, 0.4) is 0 Å². The van der Waals surface area contributed by atoms with Crippen LogP contribution in [0.1, 0.15) is 18.0 Å². The maximum atomic E-state index is 13.1. The molecule has 0 amide bonds. The van der Waals surface area contributed by atoms with Gasteiger partial charge in [-0.2, -0.15) is 0 Å². The predicted octanol–water partition coefficient (Wildman–Crippen LogP) is 1.91. The van der Waals surface area contributed by atoms with Crippen LogP contribution in [0.2, 0.25) is 0 Å². The first kappa shape index (κ1) is 14.2. The van der Waals surface area contributed by atoms with E-state index >= 15 is 0 Å². The van der Waals surface area contributed by atoms with E-state index in [2.05, 4.69) is 0 Å². The van der Waals surface area contributed by atoms with Crippen molar-refractivity contribution >= 4 is 12.4 Å². The van der Waals surface area contributed by atoms with Gasteiger partial charge in [-0.1, -0.05) is 6.07 Å². The van der Waals surface area contributed by atoms with Gasteiger partial charge in [-0.15, -0.1) is 12.4 Å². The minimum atomic E-state index is -1.53. The molecule has 0 saturated carbocycles. The summed E-state index contributed by atoms with van der Waals surface area (Å²) in [4.78, 5) is 0. The first-order valence-electron chi connectivity index (χ1n) is 4.07. The van der Waals surface area contributed by atoms with Gasteiger partial charge >= 0.3 is 0 Å². The van der Waals surface area contributed by atoms with Gasteiger partial charge in [-0.3, -0.25) is 0 Å². The quantitative estimate of drug-likeness (QED) is 0.794. The molecule has 1 atom stereocenters. The average Bonchev–Trinajstić information content (AvgIpc) is 2.15. The van der Waals surface area contributed by atoms with E-state index in [1.165, 1.54) is 0 Å². The number of hydrogen-bond acceptors (Lipinski definition) is 2. The topological polar surface area (TPSA) is 46.2 Å². The summed E-state index contributed by atoms with van der Waals surface area (Å²) in [7, 11) is 0. The van der Waals surface area contributed by atoms with Crippen LogP contribution in [-0.4, -0.2) is 11.7 Å². The van der Waals surface area contributed by atoms with Crippen LogP contribution in [0.15, 0.2) is 12.1 Å². The van der Waals surface area contributed by atoms with Gasteiger partial charge in [0.1, 0.15) is 0 Å². The summed E-state index contributed by atoms with van der Waals surface area (Å²) in [6.45, 7) is -0.237. The molecule has 0 bridgehead atoms. The molecular weight excluding hydrogens is 231 g/mol. The van der Waals surface area contributed by atoms with E-state index in [-0.39, 0.29) is 31.0 Å². The van der Waals surface area contributed by atoms with Gasteiger partial charge in [0.25, 0.3) is 0 Å². The highest BCUT2D eigenvalue weighted by Crippen LogP contribution is 2.21. The molecule has 0 saturated heterocycles. The molecule has 0 heterocycles. The third-order valence-corrected chi connectivity index (χ3v) is 1.90. The fraction of sp³-hybridized carbons (Fsp3) is 0.333. The van der Waals surface area contributed by atoms with E-state index in [0.717, 1.165) is 12.1 Å². The summed E-state index contributed by atoms with van der Waals surface area (Å²) in [5, 5.41) is 8.54. The molecule has 0 aliphatic rings. The minimum absolute atomic E-state index is 0. The number of hydrogen-bond donors (Lipinski definition) is 2. The van der Waals surface area contributed by atoms with E-state index in [4.69, 9.17) is 10.8 Å². The maximum absolute atomic E-state index is 13.1. The molecule has 3 N–H and O–H groups in total. The van der Waals surface area contributed by atoms with E-state index in [1.807, 2.05) is 0 Å². The van der Waals surface area contributed by atoms with Gasteiger partial charge < -0.3 is 10.8 Å². The van der Waals surface area contributed by atoms with Crippen molar-refractivity contribution in [2.45, 2.75) is 12.5 Å². The molecule has 0 unspecified atom stereocenters. The summed E-state index contributed by atoms with van der Waals surface area (Å²) < 4.78 is 38.3. The first-order valence-corrected chi connectivity index (χ1v) is 4.07. The number of aliphatic hydroxyl groups excluding tert-OH is 1. The normalized spacial score (nSPS) is 12.1. The zero-order valence-corrected chi connectivity index (χ0v) is 8.53. The fourth-order valence-corrected chi connectivity index (χ4v) is 1.12. The van der Waals surface area contributed by atoms with Crippen LogP contribution in [0.5, 0.6) is 0 Å². The van der Waals surface area contributed by atoms with Crippen molar-refractivity contribution in [1.29, 1.82) is 0 Å². The summed E-state index contributed by atoms with van der Waals surface area (Å²) in [5.41, 5.74) is 5.31. The van der Waals surface area contributed by atoms with Crippen LogP contribution in [0.4, 0.5) is 13.2 Å². The zero-order valence-electron chi connectivity index (χ0n) is 7.71. The van der Waals surface area contributed by atoms with Crippen LogP contribution in [0.25, 0.3) is 0 Å². The monoisotopic (exact) mass is 241 g/mol. The van der Waals surface area contributed by atoms with E-state index < -0.39 is 23.5 Å². The summed E-state index contributed by atoms with van der Waals surface area (Å²) in [6, 6.07) is 1.06. The highest BCUT2D eigenvalue weighted by molar-refractivity contribution is 5.85. The SMILES string of the molecule is Cl.N[C@@H](CCO)c1ccc(F)c(F)c1F. The molecule has 6 heteroatoms. The van der Waals surface area contributed by atoms with Crippen molar-refractivity contribution in [3.8, 4) is 0 Å². The smallest absolute Gasteiger partial charge is 0.194 e. The third-order valence-electron chi connectivity index (χ3n) is 1.90.